The van der Waals surface area contributed by atoms with Crippen LogP contribution in [-0.2, 0) is 39.1 Å². The topological polar surface area (TPSA) is 123 Å². The molecule has 0 bridgehead atoms. The second kappa shape index (κ2) is 17.2. The first-order chi connectivity index (χ1) is 24.6. The van der Waals surface area contributed by atoms with E-state index in [2.05, 4.69) is 10.0 Å². The average Bonchev–Trinajstić information content (AvgIpc) is 3.16. The van der Waals surface area contributed by atoms with Crippen LogP contribution >= 0.6 is 0 Å². The highest BCUT2D eigenvalue weighted by Crippen LogP contribution is 2.22. The molecular weight excluding hydrogens is 674 g/mol. The van der Waals surface area contributed by atoms with E-state index in [0.29, 0.717) is 11.5 Å². The number of nitrogens with zero attached hydrogens (tertiary/aromatic N) is 1. The number of halogens is 1. The molecule has 1 atom stereocenters. The van der Waals surface area contributed by atoms with Crippen molar-refractivity contribution in [2.45, 2.75) is 30.4 Å². The first-order valence-electron chi connectivity index (χ1n) is 16.0. The molecule has 5 aromatic carbocycles. The minimum absolute atomic E-state index is 0.0544. The highest BCUT2D eigenvalue weighted by molar-refractivity contribution is 7.92. The normalized spacial score (nSPS) is 11.6. The molecule has 0 heterocycles. The summed E-state index contributed by atoms with van der Waals surface area (Å²) in [6.45, 7) is -0.153. The Labute approximate surface area is 296 Å². The molecule has 51 heavy (non-hydrogen) atoms. The van der Waals surface area contributed by atoms with Gasteiger partial charge in [0.25, 0.3) is 15.9 Å². The van der Waals surface area contributed by atoms with E-state index in [4.69, 9.17) is 14.2 Å². The maximum Gasteiger partial charge on any atom is 0.261 e. The Balaban J connectivity index is 1.37. The Morgan fingerprint density at radius 2 is 1.39 bits per heavy atom. The lowest BCUT2D eigenvalue weighted by molar-refractivity contribution is -0.142. The SMILES string of the molecule is COc1ccc(CN(C(=O)COc2ccc(S(=O)(=O)Nc3ccc(F)cc3)cc2)[C@@H](Cc2ccccc2)C(=O)NCc2ccccc2OC)cc1. The zero-order chi connectivity index (χ0) is 36.2. The third-order valence-electron chi connectivity index (χ3n) is 8.02. The quantitative estimate of drug-likeness (QED) is 0.129. The van der Waals surface area contributed by atoms with E-state index in [1.165, 1.54) is 41.3 Å². The molecule has 0 aromatic heterocycles. The lowest BCUT2D eigenvalue weighted by Crippen LogP contribution is -2.51. The van der Waals surface area contributed by atoms with Crippen molar-refractivity contribution in [1.82, 2.24) is 10.2 Å². The van der Waals surface area contributed by atoms with Crippen LogP contribution < -0.4 is 24.2 Å². The van der Waals surface area contributed by atoms with Crippen molar-refractivity contribution in [1.29, 1.82) is 0 Å². The maximum atomic E-state index is 14.1. The minimum atomic E-state index is -3.97. The second-order valence-corrected chi connectivity index (χ2v) is 13.2. The number of rotatable bonds is 16. The van der Waals surface area contributed by atoms with Gasteiger partial charge in [0.1, 0.15) is 29.1 Å². The molecule has 0 spiro atoms. The summed E-state index contributed by atoms with van der Waals surface area (Å²) in [5, 5.41) is 2.99. The first-order valence-corrected chi connectivity index (χ1v) is 17.5. The zero-order valence-electron chi connectivity index (χ0n) is 28.1. The Morgan fingerprint density at radius 3 is 2.06 bits per heavy atom. The van der Waals surface area contributed by atoms with Gasteiger partial charge in [0.2, 0.25) is 5.91 Å². The molecule has 2 N–H and O–H groups in total. The molecule has 5 rings (SSSR count). The van der Waals surface area contributed by atoms with Crippen molar-refractivity contribution < 1.29 is 36.6 Å². The van der Waals surface area contributed by atoms with Crippen LogP contribution in [0.1, 0.15) is 16.7 Å². The van der Waals surface area contributed by atoms with Gasteiger partial charge in [-0.05, 0) is 77.9 Å². The summed E-state index contributed by atoms with van der Waals surface area (Å²) in [4.78, 5) is 29.5. The number of nitrogens with one attached hydrogen (secondary N) is 2. The highest BCUT2D eigenvalue weighted by Gasteiger charge is 2.31. The predicted octanol–water partition coefficient (Wildman–Crippen LogP) is 5.98. The molecule has 0 radical (unpaired) electrons. The molecule has 5 aromatic rings. The molecule has 264 valence electrons. The smallest absolute Gasteiger partial charge is 0.261 e. The Kier molecular flexibility index (Phi) is 12.3. The Bertz CT molecular complexity index is 2010. The summed E-state index contributed by atoms with van der Waals surface area (Å²) in [5.74, 6) is 0.199. The number of benzene rings is 5. The number of carbonyl (C=O) groups is 2. The van der Waals surface area contributed by atoms with Crippen LogP contribution in [0.3, 0.4) is 0 Å². The van der Waals surface area contributed by atoms with Crippen LogP contribution in [0.25, 0.3) is 0 Å². The molecule has 0 unspecified atom stereocenters. The van der Waals surface area contributed by atoms with E-state index in [0.717, 1.165) is 28.8 Å². The second-order valence-electron chi connectivity index (χ2n) is 11.5. The van der Waals surface area contributed by atoms with Gasteiger partial charge in [-0.25, -0.2) is 12.8 Å². The fourth-order valence-electron chi connectivity index (χ4n) is 5.31. The van der Waals surface area contributed by atoms with Crippen molar-refractivity contribution in [3.8, 4) is 17.2 Å². The van der Waals surface area contributed by atoms with E-state index >= 15 is 0 Å². The van der Waals surface area contributed by atoms with E-state index in [-0.39, 0.29) is 41.7 Å². The van der Waals surface area contributed by atoms with Crippen LogP contribution in [0.15, 0.2) is 132 Å². The number of ether oxygens (including phenoxy) is 3. The van der Waals surface area contributed by atoms with Crippen molar-refractivity contribution in [2.75, 3.05) is 25.5 Å². The molecule has 0 aliphatic carbocycles. The van der Waals surface area contributed by atoms with Gasteiger partial charge in [0, 0.05) is 30.8 Å². The summed E-state index contributed by atoms with van der Waals surface area (Å²) < 4.78 is 58.0. The molecule has 0 saturated carbocycles. The van der Waals surface area contributed by atoms with Crippen molar-refractivity contribution in [3.63, 3.8) is 0 Å². The summed E-state index contributed by atoms with van der Waals surface area (Å²) in [6, 6.07) is 33.5. The van der Waals surface area contributed by atoms with Crippen LogP contribution in [0.2, 0.25) is 0 Å². The molecule has 2 amide bonds. The number of anilines is 1. The maximum absolute atomic E-state index is 14.1. The lowest BCUT2D eigenvalue weighted by atomic mass is 10.0. The van der Waals surface area contributed by atoms with Gasteiger partial charge in [-0.1, -0.05) is 60.7 Å². The molecule has 12 heteroatoms. The van der Waals surface area contributed by atoms with Gasteiger partial charge in [-0.2, -0.15) is 0 Å². The van der Waals surface area contributed by atoms with Crippen LogP contribution in [0.5, 0.6) is 17.2 Å². The van der Waals surface area contributed by atoms with E-state index in [1.807, 2.05) is 66.7 Å². The average molecular weight is 712 g/mol. The van der Waals surface area contributed by atoms with Gasteiger partial charge in [-0.3, -0.25) is 14.3 Å². The first kappa shape index (κ1) is 36.4. The molecule has 10 nitrogen and oxygen atoms in total. The van der Waals surface area contributed by atoms with Gasteiger partial charge >= 0.3 is 0 Å². The monoisotopic (exact) mass is 711 g/mol. The number of sulfonamides is 1. The van der Waals surface area contributed by atoms with Gasteiger partial charge < -0.3 is 24.4 Å². The minimum Gasteiger partial charge on any atom is -0.497 e. The predicted molar refractivity (Wildman–Crippen MR) is 191 cm³/mol. The van der Waals surface area contributed by atoms with Crippen LogP contribution in [0, 0.1) is 5.82 Å². The number of hydrogen-bond donors (Lipinski definition) is 2. The molecule has 0 fully saturated rings. The Hall–Kier alpha value is -5.88. The van der Waals surface area contributed by atoms with Crippen LogP contribution in [-0.4, -0.2) is 52.0 Å². The van der Waals surface area contributed by atoms with E-state index in [1.54, 1.807) is 26.4 Å². The van der Waals surface area contributed by atoms with E-state index < -0.39 is 34.4 Å². The highest BCUT2D eigenvalue weighted by atomic mass is 32.2. The Morgan fingerprint density at radius 1 is 0.745 bits per heavy atom. The van der Waals surface area contributed by atoms with Crippen molar-refractivity contribution in [2.24, 2.45) is 0 Å². The molecule has 0 aliphatic heterocycles. The summed E-state index contributed by atoms with van der Waals surface area (Å²) in [5.41, 5.74) is 2.61. The van der Waals surface area contributed by atoms with Crippen molar-refractivity contribution >= 4 is 27.5 Å². The lowest BCUT2D eigenvalue weighted by Gasteiger charge is -2.31. The zero-order valence-corrected chi connectivity index (χ0v) is 28.9. The largest absolute Gasteiger partial charge is 0.497 e. The van der Waals surface area contributed by atoms with Crippen molar-refractivity contribution in [3.05, 3.63) is 150 Å². The van der Waals surface area contributed by atoms with E-state index in [9.17, 15) is 22.4 Å². The number of hydrogen-bond acceptors (Lipinski definition) is 7. The molecular formula is C39H38FN3O7S. The summed E-state index contributed by atoms with van der Waals surface area (Å²) in [6.07, 6.45) is 0.230. The summed E-state index contributed by atoms with van der Waals surface area (Å²) in [7, 11) is -0.848. The third-order valence-corrected chi connectivity index (χ3v) is 9.42. The van der Waals surface area contributed by atoms with Gasteiger partial charge in [-0.15, -0.1) is 0 Å². The molecule has 0 aliphatic rings. The standard InChI is InChI=1S/C39H38FN3O7S/c1-48-33-18-12-29(13-19-33)26-43(36(24-28-8-4-3-5-9-28)39(45)41-25-30-10-6-7-11-37(30)49-2)38(44)27-50-34-20-22-35(23-21-34)51(46,47)42-32-16-14-31(40)15-17-32/h3-23,36,42H,24-27H2,1-2H3,(H,41,45)/t36-/m0/s1. The fourth-order valence-corrected chi connectivity index (χ4v) is 6.36. The third kappa shape index (κ3) is 10.1. The summed E-state index contributed by atoms with van der Waals surface area (Å²) >= 11 is 0. The number of amides is 2. The number of carbonyl (C=O) groups excluding carboxylic acids is 2. The number of methoxy groups -OCH3 is 2. The van der Waals surface area contributed by atoms with Gasteiger partial charge in [0.05, 0.1) is 19.1 Å². The number of para-hydroxylation sites is 1. The molecule has 0 saturated heterocycles. The fraction of sp³-hybridized carbons (Fsp3) is 0.179. The van der Waals surface area contributed by atoms with Crippen LogP contribution in [0.4, 0.5) is 10.1 Å². The van der Waals surface area contributed by atoms with Gasteiger partial charge in [0.15, 0.2) is 6.61 Å².